The van der Waals surface area contributed by atoms with Crippen molar-refractivity contribution in [3.05, 3.63) is 24.3 Å². The molecule has 0 heterocycles. The molecular formula is C11H20O4S. The SMILES string of the molecule is C=C/C(C)=C\C[C@@H](O)C(C)(C)OS(C)(=O)=O. The first-order chi connectivity index (χ1) is 7.08. The van der Waals surface area contributed by atoms with Gasteiger partial charge in [-0.2, -0.15) is 8.42 Å². The zero-order chi connectivity index (χ0) is 13.0. The standard InChI is InChI=1S/C11H20O4S/c1-6-9(2)7-8-10(12)11(3,4)15-16(5,13)14/h6-7,10,12H,1,8H2,2-5H3/b9-7-/t10-/m1/s1. The molecule has 0 saturated carbocycles. The number of allylic oxidation sites excluding steroid dienone is 2. The maximum Gasteiger partial charge on any atom is 0.264 e. The molecule has 0 saturated heterocycles. The van der Waals surface area contributed by atoms with Crippen molar-refractivity contribution >= 4 is 10.1 Å². The van der Waals surface area contributed by atoms with E-state index in [0.29, 0.717) is 6.42 Å². The summed E-state index contributed by atoms with van der Waals surface area (Å²) >= 11 is 0. The van der Waals surface area contributed by atoms with E-state index in [1.807, 2.05) is 6.92 Å². The predicted octanol–water partition coefficient (Wildman–Crippen LogP) is 1.62. The largest absolute Gasteiger partial charge is 0.390 e. The van der Waals surface area contributed by atoms with Crippen LogP contribution in [0.4, 0.5) is 0 Å². The Morgan fingerprint density at radius 1 is 1.56 bits per heavy atom. The van der Waals surface area contributed by atoms with Crippen LogP contribution in [0.3, 0.4) is 0 Å². The Morgan fingerprint density at radius 2 is 2.06 bits per heavy atom. The maximum atomic E-state index is 11.0. The Hall–Kier alpha value is -0.650. The molecule has 0 unspecified atom stereocenters. The maximum absolute atomic E-state index is 11.0. The van der Waals surface area contributed by atoms with Gasteiger partial charge in [0.15, 0.2) is 0 Å². The first kappa shape index (κ1) is 15.3. The number of aliphatic hydroxyl groups is 1. The van der Waals surface area contributed by atoms with E-state index < -0.39 is 21.8 Å². The van der Waals surface area contributed by atoms with Gasteiger partial charge in [-0.1, -0.05) is 24.3 Å². The van der Waals surface area contributed by atoms with Gasteiger partial charge < -0.3 is 5.11 Å². The third-order valence-corrected chi connectivity index (χ3v) is 2.89. The van der Waals surface area contributed by atoms with Gasteiger partial charge in [-0.15, -0.1) is 0 Å². The van der Waals surface area contributed by atoms with E-state index in [1.54, 1.807) is 12.2 Å². The summed E-state index contributed by atoms with van der Waals surface area (Å²) in [6.07, 6.45) is 3.84. The van der Waals surface area contributed by atoms with Crippen molar-refractivity contribution < 1.29 is 17.7 Å². The van der Waals surface area contributed by atoms with Gasteiger partial charge >= 0.3 is 0 Å². The Balaban J connectivity index is 4.58. The molecule has 0 aliphatic carbocycles. The van der Waals surface area contributed by atoms with Gasteiger partial charge in [0.2, 0.25) is 0 Å². The molecule has 0 radical (unpaired) electrons. The third kappa shape index (κ3) is 6.05. The quantitative estimate of drug-likeness (QED) is 0.573. The Labute approximate surface area is 97.8 Å². The van der Waals surface area contributed by atoms with Gasteiger partial charge in [0.05, 0.1) is 12.4 Å². The van der Waals surface area contributed by atoms with E-state index in [0.717, 1.165) is 11.8 Å². The zero-order valence-corrected chi connectivity index (χ0v) is 11.0. The molecule has 0 bridgehead atoms. The molecule has 1 N–H and O–H groups in total. The smallest absolute Gasteiger partial charge is 0.264 e. The van der Waals surface area contributed by atoms with Crippen molar-refractivity contribution in [2.75, 3.05) is 6.26 Å². The van der Waals surface area contributed by atoms with E-state index in [-0.39, 0.29) is 0 Å². The normalized spacial score (nSPS) is 15.9. The van der Waals surface area contributed by atoms with Crippen LogP contribution in [0, 0.1) is 0 Å². The van der Waals surface area contributed by atoms with Crippen LogP contribution in [0.1, 0.15) is 27.2 Å². The van der Waals surface area contributed by atoms with E-state index in [4.69, 9.17) is 4.18 Å². The lowest BCUT2D eigenvalue weighted by Crippen LogP contribution is -2.40. The minimum atomic E-state index is -3.57. The van der Waals surface area contributed by atoms with Crippen molar-refractivity contribution in [1.82, 2.24) is 0 Å². The molecule has 0 aromatic carbocycles. The van der Waals surface area contributed by atoms with Gasteiger partial charge in [-0.05, 0) is 27.2 Å². The first-order valence-corrected chi connectivity index (χ1v) is 6.78. The van der Waals surface area contributed by atoms with Crippen LogP contribution in [0.5, 0.6) is 0 Å². The predicted molar refractivity (Wildman–Crippen MR) is 64.6 cm³/mol. The minimum Gasteiger partial charge on any atom is -0.390 e. The molecule has 0 aromatic rings. The van der Waals surface area contributed by atoms with Gasteiger partial charge in [-0.25, -0.2) is 0 Å². The van der Waals surface area contributed by atoms with Crippen molar-refractivity contribution in [2.24, 2.45) is 0 Å². The van der Waals surface area contributed by atoms with Crippen LogP contribution >= 0.6 is 0 Å². The highest BCUT2D eigenvalue weighted by Crippen LogP contribution is 2.20. The molecule has 0 aliphatic rings. The highest BCUT2D eigenvalue weighted by atomic mass is 32.2. The summed E-state index contributed by atoms with van der Waals surface area (Å²) in [4.78, 5) is 0. The highest BCUT2D eigenvalue weighted by Gasteiger charge is 2.31. The first-order valence-electron chi connectivity index (χ1n) is 4.96. The molecule has 1 atom stereocenters. The molecule has 0 aromatic heterocycles. The molecule has 0 rings (SSSR count). The van der Waals surface area contributed by atoms with Gasteiger partial charge in [0.25, 0.3) is 10.1 Å². The number of hydrogen-bond acceptors (Lipinski definition) is 4. The fourth-order valence-corrected chi connectivity index (χ4v) is 2.00. The molecule has 0 amide bonds. The third-order valence-electron chi connectivity index (χ3n) is 2.15. The Bertz CT molecular complexity index is 365. The van der Waals surface area contributed by atoms with Crippen molar-refractivity contribution in [1.29, 1.82) is 0 Å². The average Bonchev–Trinajstić information content (AvgIpc) is 2.09. The second-order valence-electron chi connectivity index (χ2n) is 4.29. The van der Waals surface area contributed by atoms with Crippen LogP contribution < -0.4 is 0 Å². The Morgan fingerprint density at radius 3 is 2.44 bits per heavy atom. The second-order valence-corrected chi connectivity index (χ2v) is 5.87. The van der Waals surface area contributed by atoms with Crippen LogP contribution in [0.25, 0.3) is 0 Å². The summed E-state index contributed by atoms with van der Waals surface area (Å²) in [5.74, 6) is 0. The van der Waals surface area contributed by atoms with Crippen molar-refractivity contribution in [2.45, 2.75) is 38.9 Å². The fraction of sp³-hybridized carbons (Fsp3) is 0.636. The molecule has 16 heavy (non-hydrogen) atoms. The highest BCUT2D eigenvalue weighted by molar-refractivity contribution is 7.86. The molecule has 0 aliphatic heterocycles. The fourth-order valence-electron chi connectivity index (χ4n) is 1.11. The lowest BCUT2D eigenvalue weighted by molar-refractivity contribution is -0.0213. The summed E-state index contributed by atoms with van der Waals surface area (Å²) < 4.78 is 26.8. The number of rotatable bonds is 6. The number of aliphatic hydroxyl groups excluding tert-OH is 1. The van der Waals surface area contributed by atoms with Crippen LogP contribution in [0.2, 0.25) is 0 Å². The average molecular weight is 248 g/mol. The van der Waals surface area contributed by atoms with E-state index in [1.165, 1.54) is 13.8 Å². The van der Waals surface area contributed by atoms with Crippen molar-refractivity contribution in [3.8, 4) is 0 Å². The second kappa shape index (κ2) is 5.61. The van der Waals surface area contributed by atoms with Crippen LogP contribution in [-0.4, -0.2) is 31.5 Å². The van der Waals surface area contributed by atoms with E-state index in [2.05, 4.69) is 6.58 Å². The van der Waals surface area contributed by atoms with E-state index in [9.17, 15) is 13.5 Å². The zero-order valence-electron chi connectivity index (χ0n) is 10.2. The summed E-state index contributed by atoms with van der Waals surface area (Å²) in [6, 6.07) is 0. The summed E-state index contributed by atoms with van der Waals surface area (Å²) in [5, 5.41) is 9.82. The van der Waals surface area contributed by atoms with Crippen LogP contribution in [0.15, 0.2) is 24.3 Å². The molecule has 4 nitrogen and oxygen atoms in total. The van der Waals surface area contributed by atoms with Crippen LogP contribution in [-0.2, 0) is 14.3 Å². The summed E-state index contributed by atoms with van der Waals surface area (Å²) in [6.45, 7) is 8.51. The summed E-state index contributed by atoms with van der Waals surface area (Å²) in [7, 11) is -3.57. The molecule has 5 heteroatoms. The lowest BCUT2D eigenvalue weighted by Gasteiger charge is -2.28. The van der Waals surface area contributed by atoms with Crippen molar-refractivity contribution in [3.63, 3.8) is 0 Å². The van der Waals surface area contributed by atoms with Gasteiger partial charge in [-0.3, -0.25) is 4.18 Å². The Kier molecular flexibility index (Phi) is 5.38. The summed E-state index contributed by atoms with van der Waals surface area (Å²) in [5.41, 5.74) is -0.208. The molecule has 0 fully saturated rings. The lowest BCUT2D eigenvalue weighted by atomic mass is 9.98. The minimum absolute atomic E-state index is 0.320. The monoisotopic (exact) mass is 248 g/mol. The molecule has 0 spiro atoms. The molecule has 94 valence electrons. The topological polar surface area (TPSA) is 63.6 Å². The van der Waals surface area contributed by atoms with Gasteiger partial charge in [0.1, 0.15) is 5.60 Å². The molecular weight excluding hydrogens is 228 g/mol. The number of hydrogen-bond donors (Lipinski definition) is 1. The van der Waals surface area contributed by atoms with E-state index >= 15 is 0 Å². The van der Waals surface area contributed by atoms with Gasteiger partial charge in [0, 0.05) is 0 Å².